The number of hydrogen-bond acceptors (Lipinski definition) is 5. The number of para-hydroxylation sites is 1. The lowest BCUT2D eigenvalue weighted by molar-refractivity contribution is 0.0589. The lowest BCUT2D eigenvalue weighted by Gasteiger charge is -2.32. The van der Waals surface area contributed by atoms with E-state index in [1.54, 1.807) is 29.7 Å². The van der Waals surface area contributed by atoms with Crippen molar-refractivity contribution in [2.45, 2.75) is 25.9 Å². The fourth-order valence-electron chi connectivity index (χ4n) is 3.77. The number of pyridine rings is 1. The number of amides is 1. The first kappa shape index (κ1) is 20.7. The van der Waals surface area contributed by atoms with E-state index in [9.17, 15) is 9.59 Å². The SMILES string of the molecule is COc1ccccc1-c1cc(C(=O)N2CCC(Oc3cc(C)n(C)c(=O)c3)CC2)[nH]n1. The number of carbonyl (C=O) groups is 1. The Balaban J connectivity index is 1.39. The second-order valence-electron chi connectivity index (χ2n) is 7.71. The Labute approximate surface area is 180 Å². The topological polar surface area (TPSA) is 89.5 Å². The van der Waals surface area contributed by atoms with E-state index in [4.69, 9.17) is 9.47 Å². The van der Waals surface area contributed by atoms with Gasteiger partial charge < -0.3 is 18.9 Å². The summed E-state index contributed by atoms with van der Waals surface area (Å²) >= 11 is 0. The first-order valence-corrected chi connectivity index (χ1v) is 10.3. The number of H-pyrrole nitrogens is 1. The van der Waals surface area contributed by atoms with Gasteiger partial charge in [0.15, 0.2) is 0 Å². The lowest BCUT2D eigenvalue weighted by atomic mass is 10.1. The minimum absolute atomic E-state index is 0.0264. The van der Waals surface area contributed by atoms with Gasteiger partial charge in [0, 0.05) is 50.3 Å². The molecule has 8 nitrogen and oxygen atoms in total. The first-order chi connectivity index (χ1) is 15.0. The normalized spacial score (nSPS) is 14.5. The quantitative estimate of drug-likeness (QED) is 0.683. The van der Waals surface area contributed by atoms with E-state index >= 15 is 0 Å². The number of ether oxygens (including phenoxy) is 2. The zero-order chi connectivity index (χ0) is 22.0. The molecule has 0 bridgehead atoms. The Morgan fingerprint density at radius 1 is 1.16 bits per heavy atom. The first-order valence-electron chi connectivity index (χ1n) is 10.3. The smallest absolute Gasteiger partial charge is 0.271 e. The summed E-state index contributed by atoms with van der Waals surface area (Å²) in [6.07, 6.45) is 1.38. The van der Waals surface area contributed by atoms with Gasteiger partial charge in [0.05, 0.1) is 12.8 Å². The van der Waals surface area contributed by atoms with Crippen LogP contribution in [0.2, 0.25) is 0 Å². The van der Waals surface area contributed by atoms with E-state index in [1.165, 1.54) is 6.07 Å². The number of methoxy groups -OCH3 is 1. The number of aromatic nitrogens is 3. The van der Waals surface area contributed by atoms with Crippen LogP contribution < -0.4 is 15.0 Å². The molecule has 1 aromatic carbocycles. The molecule has 8 heteroatoms. The number of hydrogen-bond donors (Lipinski definition) is 1. The summed E-state index contributed by atoms with van der Waals surface area (Å²) in [5.74, 6) is 1.20. The summed E-state index contributed by atoms with van der Waals surface area (Å²) in [7, 11) is 3.35. The summed E-state index contributed by atoms with van der Waals surface area (Å²) in [6, 6.07) is 12.7. The summed E-state index contributed by atoms with van der Waals surface area (Å²) in [5, 5.41) is 7.15. The van der Waals surface area contributed by atoms with Crippen molar-refractivity contribution in [3.8, 4) is 22.8 Å². The number of nitrogens with zero attached hydrogens (tertiary/aromatic N) is 3. The van der Waals surface area contributed by atoms with Crippen LogP contribution in [0.15, 0.2) is 47.3 Å². The number of aromatic amines is 1. The largest absolute Gasteiger partial charge is 0.496 e. The molecule has 3 aromatic rings. The standard InChI is InChI=1S/C23H26N4O4/c1-15-12-17(13-22(28)26(15)2)31-16-8-10-27(11-9-16)23(29)20-14-19(24-25-20)18-6-4-5-7-21(18)30-3/h4-7,12-14,16H,8-11H2,1-3H3,(H,24,25). The molecule has 1 aliphatic rings. The zero-order valence-electron chi connectivity index (χ0n) is 17.9. The number of benzene rings is 1. The van der Waals surface area contributed by atoms with E-state index in [2.05, 4.69) is 10.2 Å². The summed E-state index contributed by atoms with van der Waals surface area (Å²) in [6.45, 7) is 3.03. The van der Waals surface area contributed by atoms with Gasteiger partial charge in [0.1, 0.15) is 23.3 Å². The fraction of sp³-hybridized carbons (Fsp3) is 0.348. The van der Waals surface area contributed by atoms with Gasteiger partial charge in [-0.25, -0.2) is 0 Å². The zero-order valence-corrected chi connectivity index (χ0v) is 17.9. The molecule has 0 aliphatic carbocycles. The van der Waals surface area contributed by atoms with Crippen molar-refractivity contribution in [1.29, 1.82) is 0 Å². The highest BCUT2D eigenvalue weighted by atomic mass is 16.5. The highest BCUT2D eigenvalue weighted by Gasteiger charge is 2.26. The Morgan fingerprint density at radius 2 is 1.90 bits per heavy atom. The number of nitrogens with one attached hydrogen (secondary N) is 1. The summed E-state index contributed by atoms with van der Waals surface area (Å²) in [5.41, 5.74) is 2.70. The van der Waals surface area contributed by atoms with Gasteiger partial charge in [-0.1, -0.05) is 12.1 Å². The van der Waals surface area contributed by atoms with Crippen LogP contribution in [0, 0.1) is 6.92 Å². The Bertz CT molecular complexity index is 1140. The molecule has 4 rings (SSSR count). The van der Waals surface area contributed by atoms with Crippen molar-refractivity contribution in [2.75, 3.05) is 20.2 Å². The van der Waals surface area contributed by atoms with Crippen molar-refractivity contribution in [3.63, 3.8) is 0 Å². The number of likely N-dealkylation sites (tertiary alicyclic amines) is 1. The van der Waals surface area contributed by atoms with Crippen LogP contribution >= 0.6 is 0 Å². The van der Waals surface area contributed by atoms with Crippen LogP contribution in [0.1, 0.15) is 29.0 Å². The second-order valence-corrected chi connectivity index (χ2v) is 7.71. The number of piperidine rings is 1. The minimum atomic E-state index is -0.0901. The molecular weight excluding hydrogens is 396 g/mol. The Kier molecular flexibility index (Phi) is 5.79. The van der Waals surface area contributed by atoms with Crippen LogP contribution in [0.25, 0.3) is 11.3 Å². The van der Waals surface area contributed by atoms with Gasteiger partial charge in [0.2, 0.25) is 0 Å². The lowest BCUT2D eigenvalue weighted by Crippen LogP contribution is -2.42. The molecule has 1 N–H and O–H groups in total. The Hall–Kier alpha value is -3.55. The average molecular weight is 422 g/mol. The molecule has 1 saturated heterocycles. The number of carbonyl (C=O) groups excluding carboxylic acids is 1. The van der Waals surface area contributed by atoms with Gasteiger partial charge in [-0.05, 0) is 31.2 Å². The molecule has 0 saturated carbocycles. The molecule has 162 valence electrons. The molecule has 0 atom stereocenters. The molecule has 0 spiro atoms. The van der Waals surface area contributed by atoms with E-state index in [1.807, 2.05) is 37.3 Å². The van der Waals surface area contributed by atoms with Gasteiger partial charge >= 0.3 is 0 Å². The van der Waals surface area contributed by atoms with Gasteiger partial charge in [-0.3, -0.25) is 14.7 Å². The molecule has 0 unspecified atom stereocenters. The van der Waals surface area contributed by atoms with Gasteiger partial charge in [-0.2, -0.15) is 5.10 Å². The third-order valence-electron chi connectivity index (χ3n) is 5.70. The monoisotopic (exact) mass is 422 g/mol. The predicted molar refractivity (Wildman–Crippen MR) is 117 cm³/mol. The summed E-state index contributed by atoms with van der Waals surface area (Å²) in [4.78, 5) is 26.7. The van der Waals surface area contributed by atoms with Crippen LogP contribution in [-0.4, -0.2) is 51.9 Å². The predicted octanol–water partition coefficient (Wildman–Crippen LogP) is 2.78. The van der Waals surface area contributed by atoms with Crippen molar-refractivity contribution in [1.82, 2.24) is 19.7 Å². The molecule has 1 fully saturated rings. The third kappa shape index (κ3) is 4.33. The molecule has 1 amide bonds. The molecule has 0 radical (unpaired) electrons. The maximum atomic E-state index is 12.9. The van der Waals surface area contributed by atoms with Crippen molar-refractivity contribution >= 4 is 5.91 Å². The van der Waals surface area contributed by atoms with Crippen LogP contribution in [-0.2, 0) is 7.05 Å². The van der Waals surface area contributed by atoms with Gasteiger partial charge in [0.25, 0.3) is 11.5 Å². The molecular formula is C23H26N4O4. The molecule has 1 aliphatic heterocycles. The summed E-state index contributed by atoms with van der Waals surface area (Å²) < 4.78 is 13.0. The molecule has 31 heavy (non-hydrogen) atoms. The fourth-order valence-corrected chi connectivity index (χ4v) is 3.77. The third-order valence-corrected chi connectivity index (χ3v) is 5.70. The molecule has 3 heterocycles. The Morgan fingerprint density at radius 3 is 2.61 bits per heavy atom. The van der Waals surface area contributed by atoms with E-state index in [-0.39, 0.29) is 17.6 Å². The molecule has 2 aromatic heterocycles. The second kappa shape index (κ2) is 8.67. The van der Waals surface area contributed by atoms with E-state index in [0.29, 0.717) is 48.8 Å². The van der Waals surface area contributed by atoms with Gasteiger partial charge in [-0.15, -0.1) is 0 Å². The number of rotatable bonds is 5. The van der Waals surface area contributed by atoms with Crippen molar-refractivity contribution < 1.29 is 14.3 Å². The highest BCUT2D eigenvalue weighted by molar-refractivity contribution is 5.93. The maximum absolute atomic E-state index is 12.9. The van der Waals surface area contributed by atoms with Crippen LogP contribution in [0.4, 0.5) is 0 Å². The van der Waals surface area contributed by atoms with Crippen LogP contribution in [0.3, 0.4) is 0 Å². The van der Waals surface area contributed by atoms with E-state index < -0.39 is 0 Å². The van der Waals surface area contributed by atoms with E-state index in [0.717, 1.165) is 11.3 Å². The number of aryl methyl sites for hydroxylation is 1. The highest BCUT2D eigenvalue weighted by Crippen LogP contribution is 2.29. The van der Waals surface area contributed by atoms with Crippen LogP contribution in [0.5, 0.6) is 11.5 Å². The average Bonchev–Trinajstić information content (AvgIpc) is 3.27. The maximum Gasteiger partial charge on any atom is 0.271 e. The van der Waals surface area contributed by atoms with Crippen molar-refractivity contribution in [2.24, 2.45) is 7.05 Å². The van der Waals surface area contributed by atoms with Crippen molar-refractivity contribution in [3.05, 3.63) is 64.2 Å². The minimum Gasteiger partial charge on any atom is -0.496 e.